The van der Waals surface area contributed by atoms with Crippen LogP contribution in [-0.2, 0) is 4.74 Å². The van der Waals surface area contributed by atoms with E-state index in [0.29, 0.717) is 23.7 Å². The zero-order valence-corrected chi connectivity index (χ0v) is 13.6. The molecule has 0 amide bonds. The quantitative estimate of drug-likeness (QED) is 0.806. The van der Waals surface area contributed by atoms with Gasteiger partial charge < -0.3 is 9.47 Å². The van der Waals surface area contributed by atoms with Gasteiger partial charge in [0.25, 0.3) is 0 Å². The lowest BCUT2D eigenvalue weighted by atomic mass is 10.1. The smallest absolute Gasteiger partial charge is 0.360 e. The summed E-state index contributed by atoms with van der Waals surface area (Å²) in [4.78, 5) is 20.3. The molecule has 5 nitrogen and oxygen atoms in total. The van der Waals surface area contributed by atoms with E-state index in [-0.39, 0.29) is 5.69 Å². The normalized spacial score (nSPS) is 11.2. The molecule has 6 heteroatoms. The van der Waals surface area contributed by atoms with Gasteiger partial charge in [0.15, 0.2) is 11.5 Å². The number of halogens is 1. The number of hydrogen-bond acceptors (Lipinski definition) is 5. The van der Waals surface area contributed by atoms with Crippen molar-refractivity contribution in [2.75, 3.05) is 6.61 Å². The van der Waals surface area contributed by atoms with E-state index >= 15 is 0 Å². The Morgan fingerprint density at radius 2 is 2.00 bits per heavy atom. The largest absolute Gasteiger partial charge is 0.477 e. The maximum Gasteiger partial charge on any atom is 0.360 e. The maximum absolute atomic E-state index is 13.9. The van der Waals surface area contributed by atoms with Crippen molar-refractivity contribution in [3.05, 3.63) is 42.0 Å². The number of hydrogen-bond donors (Lipinski definition) is 0. The Bertz CT molecular complexity index is 711. The Hall–Kier alpha value is -2.50. The molecule has 0 atom stereocenters. The maximum atomic E-state index is 13.9. The molecule has 0 aliphatic rings. The van der Waals surface area contributed by atoms with Gasteiger partial charge in [0.1, 0.15) is 5.60 Å². The van der Waals surface area contributed by atoms with Crippen LogP contribution < -0.4 is 4.74 Å². The molecule has 0 aliphatic carbocycles. The molecule has 0 bridgehead atoms. The highest BCUT2D eigenvalue weighted by Crippen LogP contribution is 2.27. The van der Waals surface area contributed by atoms with Crippen molar-refractivity contribution in [3.8, 4) is 17.1 Å². The van der Waals surface area contributed by atoms with Gasteiger partial charge in [-0.15, -0.1) is 0 Å². The summed E-state index contributed by atoms with van der Waals surface area (Å²) < 4.78 is 24.6. The molecule has 0 saturated heterocycles. The molecule has 2 aromatic rings. The number of esters is 1. The fourth-order valence-corrected chi connectivity index (χ4v) is 1.90. The van der Waals surface area contributed by atoms with Gasteiger partial charge in [-0.2, -0.15) is 0 Å². The summed E-state index contributed by atoms with van der Waals surface area (Å²) in [5.74, 6) is -1.16. The molecule has 0 aromatic carbocycles. The van der Waals surface area contributed by atoms with Crippen molar-refractivity contribution in [1.29, 1.82) is 0 Å². The molecule has 0 unspecified atom stereocenters. The fourth-order valence-electron chi connectivity index (χ4n) is 1.90. The van der Waals surface area contributed by atoms with E-state index in [4.69, 9.17) is 9.47 Å². The van der Waals surface area contributed by atoms with Gasteiger partial charge in [-0.05, 0) is 52.0 Å². The second kappa shape index (κ2) is 6.73. The summed E-state index contributed by atoms with van der Waals surface area (Å²) in [5, 5.41) is 0. The van der Waals surface area contributed by atoms with Crippen molar-refractivity contribution < 1.29 is 18.7 Å². The Morgan fingerprint density at radius 1 is 1.26 bits per heavy atom. The SMILES string of the molecule is CCOc1ncccc1-c1ccc(F)c(C(=O)OC(C)(C)C)n1. The van der Waals surface area contributed by atoms with E-state index in [9.17, 15) is 9.18 Å². The molecular weight excluding hydrogens is 299 g/mol. The van der Waals surface area contributed by atoms with Crippen LogP contribution in [0.5, 0.6) is 5.88 Å². The number of pyridine rings is 2. The van der Waals surface area contributed by atoms with Crippen LogP contribution in [0, 0.1) is 5.82 Å². The third-order valence-electron chi connectivity index (χ3n) is 2.77. The first-order valence-electron chi connectivity index (χ1n) is 7.30. The third-order valence-corrected chi connectivity index (χ3v) is 2.77. The first-order valence-corrected chi connectivity index (χ1v) is 7.30. The molecule has 2 aromatic heterocycles. The number of aromatic nitrogens is 2. The molecular formula is C17H19FN2O3. The average molecular weight is 318 g/mol. The molecule has 0 N–H and O–H groups in total. The molecule has 2 heterocycles. The summed E-state index contributed by atoms with van der Waals surface area (Å²) in [6, 6.07) is 6.13. The van der Waals surface area contributed by atoms with Gasteiger partial charge in [0, 0.05) is 6.20 Å². The first kappa shape index (κ1) is 16.9. The van der Waals surface area contributed by atoms with Crippen LogP contribution >= 0.6 is 0 Å². The summed E-state index contributed by atoms with van der Waals surface area (Å²) in [5.41, 5.74) is -0.113. The van der Waals surface area contributed by atoms with Gasteiger partial charge in [-0.25, -0.2) is 19.2 Å². The average Bonchev–Trinajstić information content (AvgIpc) is 2.47. The Kier molecular flexibility index (Phi) is 4.93. The number of nitrogens with zero attached hydrogens (tertiary/aromatic N) is 2. The summed E-state index contributed by atoms with van der Waals surface area (Å²) >= 11 is 0. The lowest BCUT2D eigenvalue weighted by Gasteiger charge is -2.19. The van der Waals surface area contributed by atoms with Gasteiger partial charge in [-0.1, -0.05) is 0 Å². The monoisotopic (exact) mass is 318 g/mol. The second-order valence-electron chi connectivity index (χ2n) is 5.82. The minimum Gasteiger partial charge on any atom is -0.477 e. The zero-order valence-electron chi connectivity index (χ0n) is 13.6. The number of carbonyl (C=O) groups excluding carboxylic acids is 1. The highest BCUT2D eigenvalue weighted by atomic mass is 19.1. The highest BCUT2D eigenvalue weighted by Gasteiger charge is 2.23. The van der Waals surface area contributed by atoms with E-state index in [1.807, 2.05) is 6.92 Å². The Morgan fingerprint density at radius 3 is 2.65 bits per heavy atom. The molecule has 2 rings (SSSR count). The number of rotatable bonds is 4. The van der Waals surface area contributed by atoms with Gasteiger partial charge in [0.05, 0.1) is 17.9 Å². The number of ether oxygens (including phenoxy) is 2. The van der Waals surface area contributed by atoms with Crippen molar-refractivity contribution in [3.63, 3.8) is 0 Å². The van der Waals surface area contributed by atoms with Gasteiger partial charge >= 0.3 is 5.97 Å². The van der Waals surface area contributed by atoms with E-state index in [0.717, 1.165) is 0 Å². The fraction of sp³-hybridized carbons (Fsp3) is 0.353. The Balaban J connectivity index is 2.43. The van der Waals surface area contributed by atoms with Crippen LogP contribution in [0.4, 0.5) is 4.39 Å². The first-order chi connectivity index (χ1) is 10.8. The van der Waals surface area contributed by atoms with Crippen LogP contribution in [0.15, 0.2) is 30.5 Å². The topological polar surface area (TPSA) is 61.3 Å². The molecule has 122 valence electrons. The number of carbonyl (C=O) groups is 1. The van der Waals surface area contributed by atoms with E-state index in [1.165, 1.54) is 12.1 Å². The summed E-state index contributed by atoms with van der Waals surface area (Å²) in [7, 11) is 0. The molecule has 0 aliphatic heterocycles. The second-order valence-corrected chi connectivity index (χ2v) is 5.82. The molecule has 0 spiro atoms. The Labute approximate surface area is 134 Å². The van der Waals surface area contributed by atoms with Crippen LogP contribution in [0.25, 0.3) is 11.3 Å². The molecule has 0 fully saturated rings. The van der Waals surface area contributed by atoms with E-state index in [1.54, 1.807) is 39.1 Å². The van der Waals surface area contributed by atoms with Crippen LogP contribution in [0.2, 0.25) is 0 Å². The standard InChI is InChI=1S/C17H19FN2O3/c1-5-22-15-11(7-6-10-19-15)13-9-8-12(18)14(20-13)16(21)23-17(2,3)4/h6-10H,5H2,1-4H3. The van der Waals surface area contributed by atoms with E-state index < -0.39 is 17.4 Å². The van der Waals surface area contributed by atoms with Crippen LogP contribution in [-0.4, -0.2) is 28.1 Å². The van der Waals surface area contributed by atoms with Crippen molar-refractivity contribution in [2.45, 2.75) is 33.3 Å². The van der Waals surface area contributed by atoms with Gasteiger partial charge in [-0.3, -0.25) is 0 Å². The minimum absolute atomic E-state index is 0.358. The molecule has 0 saturated carbocycles. The lowest BCUT2D eigenvalue weighted by Crippen LogP contribution is -2.25. The van der Waals surface area contributed by atoms with Gasteiger partial charge in [0.2, 0.25) is 5.88 Å². The summed E-state index contributed by atoms with van der Waals surface area (Å²) in [6.07, 6.45) is 1.59. The van der Waals surface area contributed by atoms with Crippen molar-refractivity contribution in [2.24, 2.45) is 0 Å². The minimum atomic E-state index is -0.807. The van der Waals surface area contributed by atoms with Crippen LogP contribution in [0.3, 0.4) is 0 Å². The molecule has 0 radical (unpaired) electrons. The third kappa shape index (κ3) is 4.25. The predicted molar refractivity (Wildman–Crippen MR) is 83.8 cm³/mol. The van der Waals surface area contributed by atoms with Crippen LogP contribution in [0.1, 0.15) is 38.2 Å². The lowest BCUT2D eigenvalue weighted by molar-refractivity contribution is 0.00577. The zero-order chi connectivity index (χ0) is 17.0. The predicted octanol–water partition coefficient (Wildman–Crippen LogP) is 3.64. The van der Waals surface area contributed by atoms with Crippen molar-refractivity contribution in [1.82, 2.24) is 9.97 Å². The highest BCUT2D eigenvalue weighted by molar-refractivity contribution is 5.88. The van der Waals surface area contributed by atoms with Crippen molar-refractivity contribution >= 4 is 5.97 Å². The summed E-state index contributed by atoms with van der Waals surface area (Å²) in [6.45, 7) is 7.40. The van der Waals surface area contributed by atoms with E-state index in [2.05, 4.69) is 9.97 Å². The molecule has 23 heavy (non-hydrogen) atoms.